The first-order valence-electron chi connectivity index (χ1n) is 6.19. The summed E-state index contributed by atoms with van der Waals surface area (Å²) in [4.78, 5) is 0.311. The van der Waals surface area contributed by atoms with E-state index in [0.29, 0.717) is 18.0 Å². The third kappa shape index (κ3) is 4.15. The van der Waals surface area contributed by atoms with Crippen molar-refractivity contribution >= 4 is 9.84 Å². The molecule has 0 amide bonds. The monoisotopic (exact) mass is 293 g/mol. The minimum absolute atomic E-state index is 0.248. The van der Waals surface area contributed by atoms with Crippen LogP contribution in [0.4, 0.5) is 4.39 Å². The molecule has 0 heterocycles. The molecule has 0 fully saturated rings. The van der Waals surface area contributed by atoms with Gasteiger partial charge in [0.1, 0.15) is 5.82 Å². The van der Waals surface area contributed by atoms with E-state index in [1.807, 2.05) is 6.07 Å². The molecule has 0 spiro atoms. The van der Waals surface area contributed by atoms with Crippen LogP contribution in [-0.4, -0.2) is 14.7 Å². The van der Waals surface area contributed by atoms with Gasteiger partial charge in [-0.25, -0.2) is 12.8 Å². The second-order valence-electron chi connectivity index (χ2n) is 4.65. The smallest absolute Gasteiger partial charge is 0.175 e. The van der Waals surface area contributed by atoms with Crippen LogP contribution in [0.1, 0.15) is 11.1 Å². The zero-order valence-electron chi connectivity index (χ0n) is 11.1. The zero-order chi connectivity index (χ0) is 14.6. The third-order valence-corrected chi connectivity index (χ3v) is 4.03. The van der Waals surface area contributed by atoms with Gasteiger partial charge in [-0.2, -0.15) is 0 Å². The quantitative estimate of drug-likeness (QED) is 0.921. The zero-order valence-corrected chi connectivity index (χ0v) is 12.0. The Hall–Kier alpha value is -1.72. The molecule has 106 valence electrons. The maximum atomic E-state index is 13.0. The Balaban J connectivity index is 1.92. The van der Waals surface area contributed by atoms with Gasteiger partial charge in [0.2, 0.25) is 0 Å². The van der Waals surface area contributed by atoms with Gasteiger partial charge in [-0.05, 0) is 35.4 Å². The molecule has 0 unspecified atom stereocenters. The summed E-state index contributed by atoms with van der Waals surface area (Å²) in [5, 5.41) is 3.19. The van der Waals surface area contributed by atoms with E-state index in [9.17, 15) is 12.8 Å². The summed E-state index contributed by atoms with van der Waals surface area (Å²) in [5.74, 6) is -0.248. The molecule has 0 aliphatic heterocycles. The second-order valence-corrected chi connectivity index (χ2v) is 6.67. The Morgan fingerprint density at radius 3 is 2.25 bits per heavy atom. The van der Waals surface area contributed by atoms with Crippen molar-refractivity contribution in [3.8, 4) is 0 Å². The van der Waals surface area contributed by atoms with Gasteiger partial charge in [0.25, 0.3) is 0 Å². The lowest BCUT2D eigenvalue weighted by Gasteiger charge is -2.06. The van der Waals surface area contributed by atoms with Crippen LogP contribution in [0, 0.1) is 5.82 Å². The summed E-state index contributed by atoms with van der Waals surface area (Å²) in [7, 11) is -3.15. The highest BCUT2D eigenvalue weighted by Gasteiger charge is 2.05. The summed E-state index contributed by atoms with van der Waals surface area (Å²) in [6.07, 6.45) is 1.18. The third-order valence-electron chi connectivity index (χ3n) is 2.90. The first-order chi connectivity index (χ1) is 9.45. The van der Waals surface area contributed by atoms with Crippen molar-refractivity contribution in [3.63, 3.8) is 0 Å². The summed E-state index contributed by atoms with van der Waals surface area (Å²) in [6.45, 7) is 1.16. The molecule has 0 atom stereocenters. The molecule has 2 aromatic rings. The molecule has 0 saturated carbocycles. The first kappa shape index (κ1) is 14.7. The molecular weight excluding hydrogens is 277 g/mol. The minimum Gasteiger partial charge on any atom is -0.309 e. The van der Waals surface area contributed by atoms with Crippen molar-refractivity contribution in [2.24, 2.45) is 0 Å². The van der Waals surface area contributed by atoms with Crippen LogP contribution in [-0.2, 0) is 22.9 Å². The molecule has 2 aromatic carbocycles. The summed E-state index contributed by atoms with van der Waals surface area (Å²) in [5.41, 5.74) is 1.85. The highest BCUT2D eigenvalue weighted by atomic mass is 32.2. The standard InChI is InChI=1S/C15H16FNO2S/c1-20(18,19)15-7-5-12(6-8-15)10-17-11-13-3-2-4-14(16)9-13/h2-9,17H,10-11H2,1H3. The van der Waals surface area contributed by atoms with Crippen LogP contribution in [0.25, 0.3) is 0 Å². The molecule has 5 heteroatoms. The van der Waals surface area contributed by atoms with Gasteiger partial charge in [0, 0.05) is 19.3 Å². The van der Waals surface area contributed by atoms with Gasteiger partial charge in [-0.3, -0.25) is 0 Å². The fourth-order valence-electron chi connectivity index (χ4n) is 1.85. The van der Waals surface area contributed by atoms with E-state index in [4.69, 9.17) is 0 Å². The Morgan fingerprint density at radius 1 is 1.00 bits per heavy atom. The van der Waals surface area contributed by atoms with Crippen molar-refractivity contribution in [2.75, 3.05) is 6.26 Å². The molecule has 3 nitrogen and oxygen atoms in total. The molecule has 2 rings (SSSR count). The van der Waals surface area contributed by atoms with Gasteiger partial charge >= 0.3 is 0 Å². The van der Waals surface area contributed by atoms with Crippen LogP contribution < -0.4 is 5.32 Å². The first-order valence-corrected chi connectivity index (χ1v) is 8.08. The highest BCUT2D eigenvalue weighted by molar-refractivity contribution is 7.90. The molecule has 0 saturated heterocycles. The SMILES string of the molecule is CS(=O)(=O)c1ccc(CNCc2cccc(F)c2)cc1. The van der Waals surface area contributed by atoms with Crippen molar-refractivity contribution in [1.29, 1.82) is 0 Å². The average Bonchev–Trinajstić information content (AvgIpc) is 2.38. The van der Waals surface area contributed by atoms with E-state index in [0.717, 1.165) is 11.1 Å². The second kappa shape index (κ2) is 6.15. The predicted molar refractivity (Wildman–Crippen MR) is 76.5 cm³/mol. The average molecular weight is 293 g/mol. The largest absolute Gasteiger partial charge is 0.309 e. The predicted octanol–water partition coefficient (Wildman–Crippen LogP) is 2.52. The molecule has 0 aliphatic carbocycles. The molecular formula is C15H16FNO2S. The molecule has 0 radical (unpaired) electrons. The number of sulfone groups is 1. The molecule has 0 aliphatic rings. The number of hydrogen-bond donors (Lipinski definition) is 1. The van der Waals surface area contributed by atoms with Gasteiger partial charge in [0.15, 0.2) is 9.84 Å². The Bertz CT molecular complexity index is 681. The van der Waals surface area contributed by atoms with E-state index in [-0.39, 0.29) is 5.82 Å². The van der Waals surface area contributed by atoms with Crippen molar-refractivity contribution < 1.29 is 12.8 Å². The van der Waals surface area contributed by atoms with Crippen LogP contribution in [0.2, 0.25) is 0 Å². The van der Waals surface area contributed by atoms with Crippen LogP contribution in [0.15, 0.2) is 53.4 Å². The Morgan fingerprint density at radius 2 is 1.65 bits per heavy atom. The van der Waals surface area contributed by atoms with Crippen LogP contribution >= 0.6 is 0 Å². The van der Waals surface area contributed by atoms with Crippen LogP contribution in [0.5, 0.6) is 0 Å². The van der Waals surface area contributed by atoms with Crippen LogP contribution in [0.3, 0.4) is 0 Å². The fourth-order valence-corrected chi connectivity index (χ4v) is 2.48. The topological polar surface area (TPSA) is 46.2 Å². The van der Waals surface area contributed by atoms with E-state index in [2.05, 4.69) is 5.32 Å². The van der Waals surface area contributed by atoms with E-state index in [1.54, 1.807) is 30.3 Å². The van der Waals surface area contributed by atoms with Gasteiger partial charge in [0.05, 0.1) is 4.90 Å². The lowest BCUT2D eigenvalue weighted by Crippen LogP contribution is -2.12. The Kier molecular flexibility index (Phi) is 4.52. The number of hydrogen-bond acceptors (Lipinski definition) is 3. The van der Waals surface area contributed by atoms with E-state index in [1.165, 1.54) is 18.4 Å². The highest BCUT2D eigenvalue weighted by Crippen LogP contribution is 2.10. The molecule has 20 heavy (non-hydrogen) atoms. The number of nitrogens with one attached hydrogen (secondary N) is 1. The van der Waals surface area contributed by atoms with E-state index < -0.39 is 9.84 Å². The summed E-state index contributed by atoms with van der Waals surface area (Å²) in [6, 6.07) is 13.1. The summed E-state index contributed by atoms with van der Waals surface area (Å²) < 4.78 is 35.6. The van der Waals surface area contributed by atoms with Crippen molar-refractivity contribution in [2.45, 2.75) is 18.0 Å². The van der Waals surface area contributed by atoms with E-state index >= 15 is 0 Å². The normalized spacial score (nSPS) is 11.5. The van der Waals surface area contributed by atoms with Gasteiger partial charge in [-0.15, -0.1) is 0 Å². The van der Waals surface area contributed by atoms with Crippen molar-refractivity contribution in [1.82, 2.24) is 5.32 Å². The fraction of sp³-hybridized carbons (Fsp3) is 0.200. The van der Waals surface area contributed by atoms with Crippen molar-refractivity contribution in [3.05, 3.63) is 65.5 Å². The number of benzene rings is 2. The lowest BCUT2D eigenvalue weighted by molar-refractivity contribution is 0.602. The molecule has 1 N–H and O–H groups in total. The van der Waals surface area contributed by atoms with Gasteiger partial charge in [-0.1, -0.05) is 24.3 Å². The number of halogens is 1. The molecule has 0 aromatic heterocycles. The lowest BCUT2D eigenvalue weighted by atomic mass is 10.2. The maximum absolute atomic E-state index is 13.0. The molecule has 0 bridgehead atoms. The summed E-state index contributed by atoms with van der Waals surface area (Å²) >= 11 is 0. The minimum atomic E-state index is -3.15. The number of rotatable bonds is 5. The maximum Gasteiger partial charge on any atom is 0.175 e. The van der Waals surface area contributed by atoms with Gasteiger partial charge < -0.3 is 5.32 Å². The Labute approximate surface area is 118 Å².